The van der Waals surface area contributed by atoms with E-state index in [1.54, 1.807) is 30.6 Å². The van der Waals surface area contributed by atoms with Crippen LogP contribution in [0, 0.1) is 0 Å². The van der Waals surface area contributed by atoms with Gasteiger partial charge in [-0.15, -0.1) is 0 Å². The molecular formula is C25H34N4O4. The highest BCUT2D eigenvalue weighted by Gasteiger charge is 2.23. The molecule has 1 saturated heterocycles. The third kappa shape index (κ3) is 7.75. The molecule has 33 heavy (non-hydrogen) atoms. The fourth-order valence-electron chi connectivity index (χ4n) is 3.70. The van der Waals surface area contributed by atoms with Crippen LogP contribution in [0.3, 0.4) is 0 Å². The number of aromatic nitrogens is 1. The largest absolute Gasteiger partial charge is 0.490 e. The van der Waals surface area contributed by atoms with Gasteiger partial charge in [0, 0.05) is 43.6 Å². The van der Waals surface area contributed by atoms with Gasteiger partial charge >= 0.3 is 0 Å². The molecule has 2 heterocycles. The number of carbonyl (C=O) groups is 2. The fourth-order valence-corrected chi connectivity index (χ4v) is 3.70. The minimum atomic E-state index is -0.129. The highest BCUT2D eigenvalue weighted by molar-refractivity contribution is 5.95. The maximum atomic E-state index is 12.8. The molecule has 8 nitrogen and oxygen atoms in total. The zero-order chi connectivity index (χ0) is 23.5. The molecule has 0 atom stereocenters. The van der Waals surface area contributed by atoms with E-state index in [4.69, 9.17) is 9.47 Å². The minimum absolute atomic E-state index is 0.0639. The molecule has 3 rings (SSSR count). The molecule has 0 spiro atoms. The Morgan fingerprint density at radius 1 is 1.06 bits per heavy atom. The van der Waals surface area contributed by atoms with E-state index in [2.05, 4.69) is 20.5 Å². The Balaban J connectivity index is 1.52. The van der Waals surface area contributed by atoms with Crippen molar-refractivity contribution in [1.82, 2.24) is 20.5 Å². The molecule has 0 unspecified atom stereocenters. The Kier molecular flexibility index (Phi) is 9.50. The van der Waals surface area contributed by atoms with Crippen LogP contribution in [0.15, 0.2) is 42.7 Å². The number of benzene rings is 1. The SMILES string of the molecule is CCCNC(=O)CN1CCC(NC(=O)c2ccc(OCc3ccncc3)c(OCC)c2)CC1. The molecule has 2 amide bonds. The van der Waals surface area contributed by atoms with Crippen molar-refractivity contribution in [3.8, 4) is 11.5 Å². The van der Waals surface area contributed by atoms with Gasteiger partial charge < -0.3 is 20.1 Å². The number of piperidine rings is 1. The standard InChI is InChI=1S/C25H34N4O4/c1-3-11-27-24(30)17-29-14-9-21(10-15-29)28-25(31)20-5-6-22(23(16-20)32-4-2)33-18-19-7-12-26-13-8-19/h5-8,12-13,16,21H,3-4,9-11,14-15,17-18H2,1-2H3,(H,27,30)(H,28,31). The second-order valence-corrected chi connectivity index (χ2v) is 8.11. The van der Waals surface area contributed by atoms with Gasteiger partial charge in [0.05, 0.1) is 13.2 Å². The van der Waals surface area contributed by atoms with E-state index in [-0.39, 0.29) is 17.9 Å². The molecule has 1 fully saturated rings. The molecular weight excluding hydrogens is 420 g/mol. The number of amides is 2. The van der Waals surface area contributed by atoms with Crippen LogP contribution in [0.25, 0.3) is 0 Å². The van der Waals surface area contributed by atoms with E-state index in [0.29, 0.717) is 43.4 Å². The summed E-state index contributed by atoms with van der Waals surface area (Å²) < 4.78 is 11.6. The Morgan fingerprint density at radius 3 is 2.52 bits per heavy atom. The molecule has 1 aromatic carbocycles. The quantitative estimate of drug-likeness (QED) is 0.542. The van der Waals surface area contributed by atoms with Crippen molar-refractivity contribution in [3.63, 3.8) is 0 Å². The Morgan fingerprint density at radius 2 is 1.82 bits per heavy atom. The van der Waals surface area contributed by atoms with Crippen molar-refractivity contribution in [1.29, 1.82) is 0 Å². The molecule has 0 aliphatic carbocycles. The normalized spacial score (nSPS) is 14.5. The minimum Gasteiger partial charge on any atom is -0.490 e. The summed E-state index contributed by atoms with van der Waals surface area (Å²) in [6.45, 7) is 7.50. The Labute approximate surface area is 195 Å². The number of hydrogen-bond acceptors (Lipinski definition) is 6. The fraction of sp³-hybridized carbons (Fsp3) is 0.480. The first kappa shape index (κ1) is 24.5. The Hall–Kier alpha value is -3.13. The highest BCUT2D eigenvalue weighted by Crippen LogP contribution is 2.29. The van der Waals surface area contributed by atoms with Crippen LogP contribution in [0.2, 0.25) is 0 Å². The third-order valence-corrected chi connectivity index (χ3v) is 5.51. The van der Waals surface area contributed by atoms with E-state index in [1.807, 2.05) is 26.0 Å². The average molecular weight is 455 g/mol. The van der Waals surface area contributed by atoms with Crippen LogP contribution in [0.4, 0.5) is 0 Å². The lowest BCUT2D eigenvalue weighted by Gasteiger charge is -2.31. The summed E-state index contributed by atoms with van der Waals surface area (Å²) in [5.74, 6) is 1.08. The van der Waals surface area contributed by atoms with E-state index in [1.165, 1.54) is 0 Å². The van der Waals surface area contributed by atoms with E-state index >= 15 is 0 Å². The maximum Gasteiger partial charge on any atom is 0.251 e. The molecule has 1 aromatic heterocycles. The van der Waals surface area contributed by atoms with Gasteiger partial charge in [0.25, 0.3) is 5.91 Å². The van der Waals surface area contributed by atoms with E-state index in [9.17, 15) is 9.59 Å². The zero-order valence-corrected chi connectivity index (χ0v) is 19.5. The predicted octanol–water partition coefficient (Wildman–Crippen LogP) is 2.78. The lowest BCUT2D eigenvalue weighted by molar-refractivity contribution is -0.122. The number of ether oxygens (including phenoxy) is 2. The van der Waals surface area contributed by atoms with Gasteiger partial charge in [-0.2, -0.15) is 0 Å². The number of nitrogens with zero attached hydrogens (tertiary/aromatic N) is 2. The van der Waals surface area contributed by atoms with E-state index < -0.39 is 0 Å². The summed E-state index contributed by atoms with van der Waals surface area (Å²) in [5, 5.41) is 6.03. The molecule has 1 aliphatic heterocycles. The molecule has 0 radical (unpaired) electrons. The summed E-state index contributed by atoms with van der Waals surface area (Å²) in [7, 11) is 0. The van der Waals surface area contributed by atoms with Gasteiger partial charge in [0.15, 0.2) is 11.5 Å². The lowest BCUT2D eigenvalue weighted by Crippen LogP contribution is -2.47. The highest BCUT2D eigenvalue weighted by atomic mass is 16.5. The topological polar surface area (TPSA) is 92.8 Å². The number of rotatable bonds is 11. The second kappa shape index (κ2) is 12.8. The summed E-state index contributed by atoms with van der Waals surface area (Å²) in [6.07, 6.45) is 6.02. The average Bonchev–Trinajstić information content (AvgIpc) is 2.84. The van der Waals surface area contributed by atoms with Gasteiger partial charge in [-0.05, 0) is 62.1 Å². The molecule has 2 aromatic rings. The van der Waals surface area contributed by atoms with Crippen molar-refractivity contribution >= 4 is 11.8 Å². The van der Waals surface area contributed by atoms with Crippen LogP contribution >= 0.6 is 0 Å². The molecule has 0 saturated carbocycles. The summed E-state index contributed by atoms with van der Waals surface area (Å²) >= 11 is 0. The van der Waals surface area contributed by atoms with Crippen LogP contribution in [0.5, 0.6) is 11.5 Å². The van der Waals surface area contributed by atoms with Gasteiger partial charge in [-0.3, -0.25) is 19.5 Å². The van der Waals surface area contributed by atoms with Gasteiger partial charge in [0.1, 0.15) is 6.61 Å². The first-order valence-corrected chi connectivity index (χ1v) is 11.7. The second-order valence-electron chi connectivity index (χ2n) is 8.11. The molecule has 1 aliphatic rings. The third-order valence-electron chi connectivity index (χ3n) is 5.51. The van der Waals surface area contributed by atoms with Crippen molar-refractivity contribution in [2.45, 2.75) is 45.8 Å². The first-order chi connectivity index (χ1) is 16.1. The number of carbonyl (C=O) groups excluding carboxylic acids is 2. The van der Waals surface area contributed by atoms with Gasteiger partial charge in [-0.1, -0.05) is 6.92 Å². The van der Waals surface area contributed by atoms with Crippen LogP contribution < -0.4 is 20.1 Å². The number of nitrogens with one attached hydrogen (secondary N) is 2. The van der Waals surface area contributed by atoms with E-state index in [0.717, 1.165) is 37.9 Å². The number of hydrogen-bond donors (Lipinski definition) is 2. The van der Waals surface area contributed by atoms with Gasteiger partial charge in [0.2, 0.25) is 5.91 Å². The molecule has 0 bridgehead atoms. The zero-order valence-electron chi connectivity index (χ0n) is 19.5. The molecule has 2 N–H and O–H groups in total. The monoisotopic (exact) mass is 454 g/mol. The van der Waals surface area contributed by atoms with Crippen molar-refractivity contribution in [3.05, 3.63) is 53.9 Å². The maximum absolute atomic E-state index is 12.8. The van der Waals surface area contributed by atoms with Crippen molar-refractivity contribution < 1.29 is 19.1 Å². The van der Waals surface area contributed by atoms with Crippen molar-refractivity contribution in [2.24, 2.45) is 0 Å². The molecule has 178 valence electrons. The number of pyridine rings is 1. The van der Waals surface area contributed by atoms with Crippen LogP contribution in [-0.4, -0.2) is 60.5 Å². The summed E-state index contributed by atoms with van der Waals surface area (Å²) in [4.78, 5) is 30.9. The first-order valence-electron chi connectivity index (χ1n) is 11.7. The van der Waals surface area contributed by atoms with Crippen molar-refractivity contribution in [2.75, 3.05) is 32.8 Å². The van der Waals surface area contributed by atoms with Gasteiger partial charge in [-0.25, -0.2) is 0 Å². The summed E-state index contributed by atoms with van der Waals surface area (Å²) in [5.41, 5.74) is 1.54. The van der Waals surface area contributed by atoms with Crippen LogP contribution in [-0.2, 0) is 11.4 Å². The number of likely N-dealkylation sites (tertiary alicyclic amines) is 1. The predicted molar refractivity (Wildman–Crippen MR) is 126 cm³/mol. The lowest BCUT2D eigenvalue weighted by atomic mass is 10.0. The Bertz CT molecular complexity index is 899. The molecule has 8 heteroatoms. The smallest absolute Gasteiger partial charge is 0.251 e. The van der Waals surface area contributed by atoms with Crippen LogP contribution in [0.1, 0.15) is 49.0 Å². The summed E-state index contributed by atoms with van der Waals surface area (Å²) in [6, 6.07) is 9.14.